The maximum Gasteiger partial charge on any atom is 0.323 e. The average molecular weight is 348 g/mol. The minimum Gasteiger partial charge on any atom is -0.324 e. The molecule has 2 aromatic rings. The minimum atomic E-state index is -0.280. The van der Waals surface area contributed by atoms with Crippen LogP contribution >= 0.6 is 15.9 Å². The van der Waals surface area contributed by atoms with Gasteiger partial charge in [-0.05, 0) is 49.2 Å². The SMILES string of the molecule is Cc1ccc(Br)cc1NC(=O)Nc1cccc(C(C)N)c1. The first-order valence-corrected chi connectivity index (χ1v) is 7.44. The quantitative estimate of drug-likeness (QED) is 0.769. The summed E-state index contributed by atoms with van der Waals surface area (Å²) in [4.78, 5) is 12.1. The number of amides is 2. The van der Waals surface area contributed by atoms with Crippen molar-refractivity contribution in [2.24, 2.45) is 5.73 Å². The zero-order valence-electron chi connectivity index (χ0n) is 12.0. The molecule has 1 unspecified atom stereocenters. The monoisotopic (exact) mass is 347 g/mol. The van der Waals surface area contributed by atoms with E-state index in [9.17, 15) is 4.79 Å². The summed E-state index contributed by atoms with van der Waals surface area (Å²) >= 11 is 3.39. The van der Waals surface area contributed by atoms with Gasteiger partial charge in [0.25, 0.3) is 0 Å². The Kier molecular flexibility index (Phi) is 4.98. The number of urea groups is 1. The maximum absolute atomic E-state index is 12.1. The van der Waals surface area contributed by atoms with Gasteiger partial charge in [0.2, 0.25) is 0 Å². The van der Waals surface area contributed by atoms with E-state index < -0.39 is 0 Å². The van der Waals surface area contributed by atoms with Gasteiger partial charge in [-0.15, -0.1) is 0 Å². The summed E-state index contributed by atoms with van der Waals surface area (Å²) < 4.78 is 0.919. The molecular formula is C16H18BrN3O. The molecule has 0 saturated carbocycles. The van der Waals surface area contributed by atoms with Gasteiger partial charge in [-0.25, -0.2) is 4.79 Å². The Balaban J connectivity index is 2.08. The predicted molar refractivity (Wildman–Crippen MR) is 90.6 cm³/mol. The summed E-state index contributed by atoms with van der Waals surface area (Å²) in [6.45, 7) is 3.85. The van der Waals surface area contributed by atoms with Crippen molar-refractivity contribution in [3.8, 4) is 0 Å². The first kappa shape index (κ1) is 15.5. The molecule has 0 fully saturated rings. The third-order valence-electron chi connectivity index (χ3n) is 3.12. The molecule has 0 bridgehead atoms. The van der Waals surface area contributed by atoms with Crippen molar-refractivity contribution >= 4 is 33.3 Å². The molecule has 110 valence electrons. The smallest absolute Gasteiger partial charge is 0.323 e. The highest BCUT2D eigenvalue weighted by atomic mass is 79.9. The van der Waals surface area contributed by atoms with Crippen molar-refractivity contribution in [2.45, 2.75) is 19.9 Å². The third kappa shape index (κ3) is 4.31. The van der Waals surface area contributed by atoms with Gasteiger partial charge in [0.15, 0.2) is 0 Å². The molecule has 5 heteroatoms. The number of rotatable bonds is 3. The molecule has 0 saturated heterocycles. The highest BCUT2D eigenvalue weighted by molar-refractivity contribution is 9.10. The minimum absolute atomic E-state index is 0.0675. The van der Waals surface area contributed by atoms with E-state index in [0.29, 0.717) is 0 Å². The first-order chi connectivity index (χ1) is 9.95. The third-order valence-corrected chi connectivity index (χ3v) is 3.61. The number of carbonyl (C=O) groups excluding carboxylic acids is 1. The molecule has 0 spiro atoms. The second-order valence-corrected chi connectivity index (χ2v) is 5.87. The number of anilines is 2. The highest BCUT2D eigenvalue weighted by Crippen LogP contribution is 2.21. The summed E-state index contributed by atoms with van der Waals surface area (Å²) in [6, 6.07) is 12.9. The van der Waals surface area contributed by atoms with Crippen molar-refractivity contribution in [3.05, 3.63) is 58.1 Å². The number of hydrogen-bond acceptors (Lipinski definition) is 2. The van der Waals surface area contributed by atoms with Gasteiger partial charge in [-0.3, -0.25) is 0 Å². The summed E-state index contributed by atoms with van der Waals surface area (Å²) in [5.74, 6) is 0. The molecule has 4 nitrogen and oxygen atoms in total. The standard InChI is InChI=1S/C16H18BrN3O/c1-10-6-7-13(17)9-15(10)20-16(21)19-14-5-3-4-12(8-14)11(2)18/h3-9,11H,18H2,1-2H3,(H2,19,20,21). The van der Waals surface area contributed by atoms with Crippen LogP contribution in [0.3, 0.4) is 0 Å². The lowest BCUT2D eigenvalue weighted by molar-refractivity contribution is 0.262. The van der Waals surface area contributed by atoms with Crippen LogP contribution in [0.15, 0.2) is 46.9 Å². The Morgan fingerprint density at radius 1 is 1.19 bits per heavy atom. The first-order valence-electron chi connectivity index (χ1n) is 6.65. The lowest BCUT2D eigenvalue weighted by Gasteiger charge is -2.12. The van der Waals surface area contributed by atoms with Gasteiger partial charge in [0, 0.05) is 21.9 Å². The molecule has 2 rings (SSSR count). The fourth-order valence-corrected chi connectivity index (χ4v) is 2.27. The van der Waals surface area contributed by atoms with Crippen LogP contribution in [0.2, 0.25) is 0 Å². The zero-order valence-corrected chi connectivity index (χ0v) is 13.6. The molecule has 0 aliphatic carbocycles. The van der Waals surface area contributed by atoms with Gasteiger partial charge in [-0.2, -0.15) is 0 Å². The Bertz CT molecular complexity index is 656. The van der Waals surface area contributed by atoms with Gasteiger partial charge in [0.05, 0.1) is 0 Å². The van der Waals surface area contributed by atoms with Crippen LogP contribution in [0.5, 0.6) is 0 Å². The second-order valence-electron chi connectivity index (χ2n) is 4.95. The molecule has 0 aliphatic heterocycles. The maximum atomic E-state index is 12.1. The van der Waals surface area contributed by atoms with Gasteiger partial charge < -0.3 is 16.4 Å². The van der Waals surface area contributed by atoms with Crippen LogP contribution in [0.1, 0.15) is 24.1 Å². The van der Waals surface area contributed by atoms with E-state index in [4.69, 9.17) is 5.73 Å². The number of hydrogen-bond donors (Lipinski definition) is 3. The molecule has 2 aromatic carbocycles. The molecule has 0 aliphatic rings. The van der Waals surface area contributed by atoms with Crippen molar-refractivity contribution in [1.29, 1.82) is 0 Å². The van der Waals surface area contributed by atoms with Crippen LogP contribution in [0.4, 0.5) is 16.2 Å². The van der Waals surface area contributed by atoms with E-state index in [-0.39, 0.29) is 12.1 Å². The van der Waals surface area contributed by atoms with Crippen LogP contribution in [0.25, 0.3) is 0 Å². The Morgan fingerprint density at radius 2 is 1.95 bits per heavy atom. The van der Waals surface area contributed by atoms with Crippen LogP contribution in [-0.4, -0.2) is 6.03 Å². The number of carbonyl (C=O) groups is 1. The van der Waals surface area contributed by atoms with E-state index in [2.05, 4.69) is 26.6 Å². The number of benzene rings is 2. The number of halogens is 1. The highest BCUT2D eigenvalue weighted by Gasteiger charge is 2.07. The fraction of sp³-hybridized carbons (Fsp3) is 0.188. The molecule has 0 radical (unpaired) electrons. The summed E-state index contributed by atoms with van der Waals surface area (Å²) in [5, 5.41) is 5.65. The average Bonchev–Trinajstić information content (AvgIpc) is 2.43. The van der Waals surface area contributed by atoms with Gasteiger partial charge >= 0.3 is 6.03 Å². The largest absolute Gasteiger partial charge is 0.324 e. The van der Waals surface area contributed by atoms with Crippen molar-refractivity contribution in [1.82, 2.24) is 0 Å². The number of aryl methyl sites for hydroxylation is 1. The van der Waals surface area contributed by atoms with E-state index in [0.717, 1.165) is 27.0 Å². The second kappa shape index (κ2) is 6.74. The number of nitrogens with two attached hydrogens (primary N) is 1. The van der Waals surface area contributed by atoms with Gasteiger partial charge in [-0.1, -0.05) is 34.1 Å². The van der Waals surface area contributed by atoms with E-state index >= 15 is 0 Å². The van der Waals surface area contributed by atoms with Crippen LogP contribution < -0.4 is 16.4 Å². The summed E-state index contributed by atoms with van der Waals surface area (Å²) in [5.41, 5.74) is 9.30. The number of nitrogens with one attached hydrogen (secondary N) is 2. The zero-order chi connectivity index (χ0) is 15.4. The lowest BCUT2D eigenvalue weighted by Crippen LogP contribution is -2.20. The van der Waals surface area contributed by atoms with E-state index in [1.54, 1.807) is 0 Å². The topological polar surface area (TPSA) is 67.2 Å². The van der Waals surface area contributed by atoms with Crippen LogP contribution in [-0.2, 0) is 0 Å². The summed E-state index contributed by atoms with van der Waals surface area (Å²) in [6.07, 6.45) is 0. The summed E-state index contributed by atoms with van der Waals surface area (Å²) in [7, 11) is 0. The van der Waals surface area contributed by atoms with E-state index in [1.165, 1.54) is 0 Å². The Hall–Kier alpha value is -1.85. The Morgan fingerprint density at radius 3 is 2.67 bits per heavy atom. The molecular weight excluding hydrogens is 330 g/mol. The normalized spacial score (nSPS) is 11.8. The van der Waals surface area contributed by atoms with E-state index in [1.807, 2.05) is 56.3 Å². The van der Waals surface area contributed by atoms with Gasteiger partial charge in [0.1, 0.15) is 0 Å². The molecule has 1 atom stereocenters. The predicted octanol–water partition coefficient (Wildman–Crippen LogP) is 4.42. The van der Waals surface area contributed by atoms with Crippen molar-refractivity contribution in [3.63, 3.8) is 0 Å². The lowest BCUT2D eigenvalue weighted by atomic mass is 10.1. The van der Waals surface area contributed by atoms with Crippen molar-refractivity contribution < 1.29 is 4.79 Å². The van der Waals surface area contributed by atoms with Crippen molar-refractivity contribution in [2.75, 3.05) is 10.6 Å². The Labute approximate surface area is 132 Å². The molecule has 21 heavy (non-hydrogen) atoms. The molecule has 0 aromatic heterocycles. The molecule has 4 N–H and O–H groups in total. The molecule has 0 heterocycles. The fourth-order valence-electron chi connectivity index (χ4n) is 1.91. The molecule has 2 amide bonds. The van der Waals surface area contributed by atoms with Crippen LogP contribution in [0, 0.1) is 6.92 Å².